The van der Waals surface area contributed by atoms with Crippen LogP contribution in [0.25, 0.3) is 0 Å². The molecule has 1 aromatic carbocycles. The van der Waals surface area contributed by atoms with Crippen LogP contribution in [0.1, 0.15) is 29.6 Å². The van der Waals surface area contributed by atoms with E-state index in [4.69, 9.17) is 0 Å². The Morgan fingerprint density at radius 3 is 2.56 bits per heavy atom. The average molecular weight is 424 g/mol. The van der Waals surface area contributed by atoms with Gasteiger partial charge in [0.25, 0.3) is 5.91 Å². The highest BCUT2D eigenvalue weighted by Gasteiger charge is 2.45. The zero-order valence-corrected chi connectivity index (χ0v) is 13.1. The van der Waals surface area contributed by atoms with E-state index in [0.29, 0.717) is 18.4 Å². The number of hydrogen-bond donors (Lipinski definition) is 2. The van der Waals surface area contributed by atoms with Crippen LogP contribution in [-0.2, 0) is 4.79 Å². The number of nitrogens with one attached hydrogen (secondary N) is 1. The second kappa shape index (κ2) is 5.16. The van der Waals surface area contributed by atoms with E-state index in [1.54, 1.807) is 6.07 Å². The number of carbonyl (C=O) groups excluding carboxylic acids is 1. The molecular weight excluding hydrogens is 413 g/mol. The van der Waals surface area contributed by atoms with Crippen molar-refractivity contribution in [3.8, 4) is 0 Å². The Morgan fingerprint density at radius 1 is 1.39 bits per heavy atom. The van der Waals surface area contributed by atoms with Crippen LogP contribution in [0.4, 0.5) is 0 Å². The summed E-state index contributed by atoms with van der Waals surface area (Å²) in [4.78, 5) is 23.3. The molecule has 0 heterocycles. The van der Waals surface area contributed by atoms with Crippen LogP contribution >= 0.6 is 38.5 Å². The van der Waals surface area contributed by atoms with Gasteiger partial charge in [0.1, 0.15) is 5.54 Å². The summed E-state index contributed by atoms with van der Waals surface area (Å²) in [7, 11) is 0. The molecule has 0 atom stereocenters. The lowest BCUT2D eigenvalue weighted by molar-refractivity contribution is -0.148. The van der Waals surface area contributed by atoms with Gasteiger partial charge in [-0.3, -0.25) is 4.79 Å². The number of aliphatic carboxylic acids is 1. The van der Waals surface area contributed by atoms with Crippen molar-refractivity contribution in [3.63, 3.8) is 0 Å². The minimum absolute atomic E-state index is 0.331. The SMILES string of the molecule is O=C(NC1(C(=O)O)CCC1)c1cc(Br)ccc1I. The molecule has 0 unspecified atom stereocenters. The molecule has 1 saturated carbocycles. The number of carboxylic acid groups (broad SMARTS) is 1. The van der Waals surface area contributed by atoms with Crippen molar-refractivity contribution in [2.75, 3.05) is 0 Å². The van der Waals surface area contributed by atoms with Crippen molar-refractivity contribution in [2.24, 2.45) is 0 Å². The fourth-order valence-electron chi connectivity index (χ4n) is 1.88. The largest absolute Gasteiger partial charge is 0.480 e. The van der Waals surface area contributed by atoms with E-state index < -0.39 is 11.5 Å². The Kier molecular flexibility index (Phi) is 3.96. The highest BCUT2D eigenvalue weighted by molar-refractivity contribution is 14.1. The standard InChI is InChI=1S/C12H11BrINO3/c13-7-2-3-9(14)8(6-7)10(16)15-12(11(17)18)4-1-5-12/h2-3,6H,1,4-5H2,(H,15,16)(H,17,18). The molecule has 4 nitrogen and oxygen atoms in total. The molecule has 0 bridgehead atoms. The molecule has 96 valence electrons. The Morgan fingerprint density at radius 2 is 2.06 bits per heavy atom. The van der Waals surface area contributed by atoms with Crippen molar-refractivity contribution >= 4 is 50.4 Å². The van der Waals surface area contributed by atoms with Crippen molar-refractivity contribution < 1.29 is 14.7 Å². The lowest BCUT2D eigenvalue weighted by Gasteiger charge is -2.38. The Balaban J connectivity index is 2.22. The van der Waals surface area contributed by atoms with Crippen LogP contribution in [0.2, 0.25) is 0 Å². The quantitative estimate of drug-likeness (QED) is 0.734. The number of carbonyl (C=O) groups is 2. The lowest BCUT2D eigenvalue weighted by atomic mass is 9.76. The van der Waals surface area contributed by atoms with Gasteiger partial charge in [-0.1, -0.05) is 15.9 Å². The molecule has 1 fully saturated rings. The first-order valence-corrected chi connectivity index (χ1v) is 7.33. The Bertz CT molecular complexity index is 514. The highest BCUT2D eigenvalue weighted by Crippen LogP contribution is 2.32. The smallest absolute Gasteiger partial charge is 0.329 e. The number of amides is 1. The number of carboxylic acids is 1. The van der Waals surface area contributed by atoms with E-state index in [-0.39, 0.29) is 5.91 Å². The fourth-order valence-corrected chi connectivity index (χ4v) is 2.82. The molecule has 0 radical (unpaired) electrons. The maximum Gasteiger partial charge on any atom is 0.329 e. The predicted octanol–water partition coefficient (Wildman–Crippen LogP) is 2.79. The minimum Gasteiger partial charge on any atom is -0.480 e. The summed E-state index contributed by atoms with van der Waals surface area (Å²) >= 11 is 5.37. The molecule has 1 aromatic rings. The second-order valence-corrected chi connectivity index (χ2v) is 6.40. The van der Waals surface area contributed by atoms with Gasteiger partial charge in [0.2, 0.25) is 0 Å². The predicted molar refractivity (Wildman–Crippen MR) is 78.5 cm³/mol. The summed E-state index contributed by atoms with van der Waals surface area (Å²) < 4.78 is 1.60. The van der Waals surface area contributed by atoms with Crippen LogP contribution in [0.5, 0.6) is 0 Å². The monoisotopic (exact) mass is 423 g/mol. The molecule has 0 aromatic heterocycles. The Labute approximate surface area is 126 Å². The third kappa shape index (κ3) is 2.54. The van der Waals surface area contributed by atoms with Gasteiger partial charge in [-0.2, -0.15) is 0 Å². The van der Waals surface area contributed by atoms with Crippen LogP contribution in [0, 0.1) is 3.57 Å². The molecule has 1 aliphatic carbocycles. The van der Waals surface area contributed by atoms with Gasteiger partial charge < -0.3 is 10.4 Å². The van der Waals surface area contributed by atoms with E-state index in [9.17, 15) is 14.7 Å². The first-order valence-electron chi connectivity index (χ1n) is 5.45. The molecule has 2 N–H and O–H groups in total. The van der Waals surface area contributed by atoms with Gasteiger partial charge in [-0.15, -0.1) is 0 Å². The second-order valence-electron chi connectivity index (χ2n) is 4.32. The number of halogens is 2. The van der Waals surface area contributed by atoms with E-state index in [0.717, 1.165) is 14.5 Å². The topological polar surface area (TPSA) is 66.4 Å². The van der Waals surface area contributed by atoms with E-state index in [2.05, 4.69) is 43.8 Å². The van der Waals surface area contributed by atoms with Gasteiger partial charge >= 0.3 is 5.97 Å². The highest BCUT2D eigenvalue weighted by atomic mass is 127. The normalized spacial score (nSPS) is 16.8. The maximum atomic E-state index is 12.1. The number of hydrogen-bond acceptors (Lipinski definition) is 2. The van der Waals surface area contributed by atoms with E-state index >= 15 is 0 Å². The summed E-state index contributed by atoms with van der Waals surface area (Å²) in [5.74, 6) is -1.28. The molecule has 2 rings (SSSR count). The first kappa shape index (κ1) is 13.8. The molecule has 6 heteroatoms. The summed E-state index contributed by atoms with van der Waals surface area (Å²) in [6.45, 7) is 0. The minimum atomic E-state index is -1.07. The zero-order chi connectivity index (χ0) is 13.3. The molecule has 0 saturated heterocycles. The van der Waals surface area contributed by atoms with Gasteiger partial charge in [0, 0.05) is 8.04 Å². The number of rotatable bonds is 3. The molecule has 0 spiro atoms. The molecule has 1 aliphatic rings. The van der Waals surface area contributed by atoms with Gasteiger partial charge in [0.15, 0.2) is 0 Å². The number of benzene rings is 1. The lowest BCUT2D eigenvalue weighted by Crippen LogP contribution is -2.59. The molecule has 1 amide bonds. The first-order chi connectivity index (χ1) is 8.44. The zero-order valence-electron chi connectivity index (χ0n) is 9.37. The van der Waals surface area contributed by atoms with Crippen LogP contribution in [-0.4, -0.2) is 22.5 Å². The summed E-state index contributed by atoms with van der Waals surface area (Å²) in [5.41, 5.74) is -0.569. The molecule has 18 heavy (non-hydrogen) atoms. The average Bonchev–Trinajstić information content (AvgIpc) is 2.26. The summed E-state index contributed by atoms with van der Waals surface area (Å²) in [6, 6.07) is 5.36. The molecular formula is C12H11BrINO3. The molecule has 0 aliphatic heterocycles. The van der Waals surface area contributed by atoms with Crippen LogP contribution < -0.4 is 5.32 Å². The van der Waals surface area contributed by atoms with Gasteiger partial charge in [-0.05, 0) is 60.1 Å². The van der Waals surface area contributed by atoms with Gasteiger partial charge in [0.05, 0.1) is 5.56 Å². The van der Waals surface area contributed by atoms with Crippen LogP contribution in [0.15, 0.2) is 22.7 Å². The van der Waals surface area contributed by atoms with Gasteiger partial charge in [-0.25, -0.2) is 4.79 Å². The maximum absolute atomic E-state index is 12.1. The summed E-state index contributed by atoms with van der Waals surface area (Å²) in [5, 5.41) is 11.8. The van der Waals surface area contributed by atoms with E-state index in [1.807, 2.05) is 12.1 Å². The third-order valence-corrected chi connectivity index (χ3v) is 4.58. The Hall–Kier alpha value is -0.630. The van der Waals surface area contributed by atoms with Crippen molar-refractivity contribution in [1.29, 1.82) is 0 Å². The fraction of sp³-hybridized carbons (Fsp3) is 0.333. The van der Waals surface area contributed by atoms with Crippen molar-refractivity contribution in [2.45, 2.75) is 24.8 Å². The van der Waals surface area contributed by atoms with E-state index in [1.165, 1.54) is 0 Å². The van der Waals surface area contributed by atoms with Crippen LogP contribution in [0.3, 0.4) is 0 Å². The summed E-state index contributed by atoms with van der Waals surface area (Å²) in [6.07, 6.45) is 1.83. The van der Waals surface area contributed by atoms with Crippen molar-refractivity contribution in [3.05, 3.63) is 31.8 Å². The third-order valence-electron chi connectivity index (χ3n) is 3.14. The van der Waals surface area contributed by atoms with Crippen molar-refractivity contribution in [1.82, 2.24) is 5.32 Å².